The summed E-state index contributed by atoms with van der Waals surface area (Å²) < 4.78 is 4.80. The molecule has 0 radical (unpaired) electrons. The van der Waals surface area contributed by atoms with Crippen molar-refractivity contribution in [2.45, 2.75) is 25.3 Å². The fourth-order valence-electron chi connectivity index (χ4n) is 2.33. The van der Waals surface area contributed by atoms with Crippen molar-refractivity contribution in [2.75, 3.05) is 33.9 Å². The molecule has 1 fully saturated rings. The summed E-state index contributed by atoms with van der Waals surface area (Å²) in [4.78, 5) is 35.8. The third kappa shape index (κ3) is 5.58. The van der Waals surface area contributed by atoms with Crippen LogP contribution in [0.5, 0.6) is 0 Å². The van der Waals surface area contributed by atoms with Crippen molar-refractivity contribution in [3.63, 3.8) is 0 Å². The molecule has 0 aromatic rings. The zero-order chi connectivity index (χ0) is 15.8. The molecule has 1 aliphatic rings. The van der Waals surface area contributed by atoms with Gasteiger partial charge in [-0.2, -0.15) is 0 Å². The normalized spacial score (nSPS) is 20.9. The van der Waals surface area contributed by atoms with Gasteiger partial charge in [-0.05, 0) is 12.8 Å². The molecule has 2 unspecified atom stereocenters. The van der Waals surface area contributed by atoms with Gasteiger partial charge in [0.05, 0.1) is 12.5 Å². The fraction of sp³-hybridized carbons (Fsp3) is 0.769. The summed E-state index contributed by atoms with van der Waals surface area (Å²) in [5.41, 5.74) is 0. The Balaban J connectivity index is 2.37. The number of carbonyl (C=O) groups is 3. The van der Waals surface area contributed by atoms with E-state index >= 15 is 0 Å². The zero-order valence-electron chi connectivity index (χ0n) is 12.4. The number of aliphatic carboxylic acids is 1. The summed E-state index contributed by atoms with van der Waals surface area (Å²) in [6.45, 7) is 0.707. The van der Waals surface area contributed by atoms with E-state index in [0.29, 0.717) is 26.0 Å². The van der Waals surface area contributed by atoms with E-state index in [-0.39, 0.29) is 18.5 Å². The van der Waals surface area contributed by atoms with Gasteiger partial charge in [0.15, 0.2) is 0 Å². The van der Waals surface area contributed by atoms with Crippen molar-refractivity contribution >= 4 is 17.9 Å². The predicted octanol–water partition coefficient (Wildman–Crippen LogP) is -0.356. The van der Waals surface area contributed by atoms with Crippen molar-refractivity contribution in [1.82, 2.24) is 15.5 Å². The van der Waals surface area contributed by atoms with E-state index in [2.05, 4.69) is 10.6 Å². The molecule has 21 heavy (non-hydrogen) atoms. The monoisotopic (exact) mass is 301 g/mol. The Morgan fingerprint density at radius 2 is 2.05 bits per heavy atom. The summed E-state index contributed by atoms with van der Waals surface area (Å²) in [6, 6.07) is -0.802. The van der Waals surface area contributed by atoms with E-state index in [9.17, 15) is 14.4 Å². The van der Waals surface area contributed by atoms with E-state index < -0.39 is 17.9 Å². The first-order valence-corrected chi connectivity index (χ1v) is 6.95. The molecule has 2 atom stereocenters. The van der Waals surface area contributed by atoms with Crippen LogP contribution in [0.25, 0.3) is 0 Å². The molecule has 1 rings (SSSR count). The van der Waals surface area contributed by atoms with Crippen LogP contribution in [0.4, 0.5) is 4.79 Å². The topological polar surface area (TPSA) is 108 Å². The molecule has 0 aromatic heterocycles. The number of nitrogens with zero attached hydrogens (tertiary/aromatic N) is 1. The number of urea groups is 1. The van der Waals surface area contributed by atoms with Gasteiger partial charge in [0.2, 0.25) is 5.91 Å². The first-order chi connectivity index (χ1) is 9.95. The van der Waals surface area contributed by atoms with Crippen LogP contribution in [0.1, 0.15) is 19.3 Å². The lowest BCUT2D eigenvalue weighted by atomic mass is 10.0. The molecule has 0 heterocycles. The molecule has 1 aliphatic carbocycles. The Bertz CT molecular complexity index is 388. The van der Waals surface area contributed by atoms with Gasteiger partial charge < -0.3 is 25.4 Å². The summed E-state index contributed by atoms with van der Waals surface area (Å²) in [5.74, 6) is -1.72. The van der Waals surface area contributed by atoms with E-state index in [0.717, 1.165) is 6.42 Å². The lowest BCUT2D eigenvalue weighted by molar-refractivity contribution is -0.142. The minimum atomic E-state index is -0.891. The number of hydrogen-bond donors (Lipinski definition) is 3. The lowest BCUT2D eigenvalue weighted by Crippen LogP contribution is -2.48. The van der Waals surface area contributed by atoms with Crippen molar-refractivity contribution in [3.8, 4) is 0 Å². The molecule has 0 aliphatic heterocycles. The third-order valence-corrected chi connectivity index (χ3v) is 3.50. The molecule has 8 nitrogen and oxygen atoms in total. The van der Waals surface area contributed by atoms with Gasteiger partial charge in [0.25, 0.3) is 0 Å². The summed E-state index contributed by atoms with van der Waals surface area (Å²) in [6.07, 6.45) is 2.00. The van der Waals surface area contributed by atoms with E-state index in [4.69, 9.17) is 9.84 Å². The van der Waals surface area contributed by atoms with Crippen LogP contribution in [0, 0.1) is 5.92 Å². The average molecular weight is 301 g/mol. The van der Waals surface area contributed by atoms with Gasteiger partial charge in [-0.15, -0.1) is 0 Å². The van der Waals surface area contributed by atoms with Gasteiger partial charge in [0, 0.05) is 26.7 Å². The number of ether oxygens (including phenoxy) is 1. The van der Waals surface area contributed by atoms with Crippen LogP contribution in [-0.4, -0.2) is 67.8 Å². The van der Waals surface area contributed by atoms with Crippen LogP contribution < -0.4 is 10.6 Å². The average Bonchev–Trinajstić information content (AvgIpc) is 2.87. The number of nitrogens with one attached hydrogen (secondary N) is 2. The molecule has 3 N–H and O–H groups in total. The van der Waals surface area contributed by atoms with Crippen molar-refractivity contribution in [2.24, 2.45) is 5.92 Å². The Labute approximate surface area is 123 Å². The molecule has 3 amide bonds. The van der Waals surface area contributed by atoms with Crippen molar-refractivity contribution < 1.29 is 24.2 Å². The highest BCUT2D eigenvalue weighted by Crippen LogP contribution is 2.25. The molecule has 0 bridgehead atoms. The zero-order valence-corrected chi connectivity index (χ0v) is 12.4. The third-order valence-electron chi connectivity index (χ3n) is 3.50. The molecule has 120 valence electrons. The second-order valence-corrected chi connectivity index (χ2v) is 5.13. The molecular formula is C13H23N3O5. The van der Waals surface area contributed by atoms with Crippen LogP contribution in [-0.2, 0) is 14.3 Å². The van der Waals surface area contributed by atoms with Crippen LogP contribution in [0.3, 0.4) is 0 Å². The summed E-state index contributed by atoms with van der Waals surface area (Å²) in [5, 5.41) is 14.4. The number of carboxylic acid groups (broad SMARTS) is 1. The van der Waals surface area contributed by atoms with Gasteiger partial charge in [0.1, 0.15) is 6.54 Å². The molecule has 0 spiro atoms. The smallest absolute Gasteiger partial charge is 0.317 e. The number of carbonyl (C=O) groups excluding carboxylic acids is 2. The number of methoxy groups -OCH3 is 1. The Morgan fingerprint density at radius 3 is 2.67 bits per heavy atom. The Kier molecular flexibility index (Phi) is 6.93. The van der Waals surface area contributed by atoms with Gasteiger partial charge in [-0.25, -0.2) is 4.79 Å². The number of carboxylic acids is 1. The van der Waals surface area contributed by atoms with Crippen LogP contribution >= 0.6 is 0 Å². The van der Waals surface area contributed by atoms with Crippen LogP contribution in [0.2, 0.25) is 0 Å². The first-order valence-electron chi connectivity index (χ1n) is 6.95. The largest absolute Gasteiger partial charge is 0.481 e. The van der Waals surface area contributed by atoms with E-state index in [1.807, 2.05) is 0 Å². The quantitative estimate of drug-likeness (QED) is 0.557. The maximum atomic E-state index is 11.9. The maximum Gasteiger partial charge on any atom is 0.317 e. The summed E-state index contributed by atoms with van der Waals surface area (Å²) in [7, 11) is 3.03. The molecule has 0 saturated heterocycles. The molecule has 0 aromatic carbocycles. The molecule has 1 saturated carbocycles. The molecular weight excluding hydrogens is 278 g/mol. The van der Waals surface area contributed by atoms with Gasteiger partial charge in [-0.3, -0.25) is 9.59 Å². The molecule has 8 heteroatoms. The van der Waals surface area contributed by atoms with Crippen molar-refractivity contribution in [1.29, 1.82) is 0 Å². The van der Waals surface area contributed by atoms with E-state index in [1.54, 1.807) is 0 Å². The van der Waals surface area contributed by atoms with Gasteiger partial charge in [-0.1, -0.05) is 6.42 Å². The number of amides is 3. The minimum absolute atomic E-state index is 0.0833. The number of hydrogen-bond acceptors (Lipinski definition) is 4. The highest BCUT2D eigenvalue weighted by molar-refractivity contribution is 5.84. The maximum absolute atomic E-state index is 11.9. The Hall–Kier alpha value is -1.83. The highest BCUT2D eigenvalue weighted by atomic mass is 16.5. The number of rotatable bonds is 7. The Morgan fingerprint density at radius 1 is 1.33 bits per heavy atom. The predicted molar refractivity (Wildman–Crippen MR) is 74.8 cm³/mol. The van der Waals surface area contributed by atoms with Crippen molar-refractivity contribution in [3.05, 3.63) is 0 Å². The number of likely N-dealkylation sites (N-methyl/N-ethyl adjacent to an activating group) is 1. The highest BCUT2D eigenvalue weighted by Gasteiger charge is 2.34. The van der Waals surface area contributed by atoms with E-state index in [1.165, 1.54) is 19.1 Å². The first kappa shape index (κ1) is 17.2. The second-order valence-electron chi connectivity index (χ2n) is 5.13. The second kappa shape index (κ2) is 8.46. The lowest BCUT2D eigenvalue weighted by Gasteiger charge is -2.22. The SMILES string of the molecule is COCCNC(=O)CN(C)C(=O)NC1CCCC1C(=O)O. The standard InChI is InChI=1S/C13H23N3O5/c1-16(8-11(17)14-6-7-21-2)13(20)15-10-5-3-4-9(10)12(18)19/h9-10H,3-8H2,1-2H3,(H,14,17)(H,15,20)(H,18,19). The summed E-state index contributed by atoms with van der Waals surface area (Å²) >= 11 is 0. The minimum Gasteiger partial charge on any atom is -0.481 e. The van der Waals surface area contributed by atoms with Gasteiger partial charge >= 0.3 is 12.0 Å². The van der Waals surface area contributed by atoms with Crippen LogP contribution in [0.15, 0.2) is 0 Å². The fourth-order valence-corrected chi connectivity index (χ4v) is 2.33.